The minimum Gasteiger partial charge on any atom is -0.490 e. The standard InChI is InChI=1S/C19H27N3O/c1-14-5-7-17(8-6-14)23-18-9-11-22(12-10-18)13-19-15(2)20-21(4)16(19)3/h5-8,18H,9-13H2,1-4H3. The molecule has 0 amide bonds. The van der Waals surface area contributed by atoms with E-state index in [-0.39, 0.29) is 0 Å². The largest absolute Gasteiger partial charge is 0.490 e. The van der Waals surface area contributed by atoms with Gasteiger partial charge in [0.2, 0.25) is 0 Å². The van der Waals surface area contributed by atoms with Gasteiger partial charge in [0.25, 0.3) is 0 Å². The van der Waals surface area contributed by atoms with Crippen LogP contribution < -0.4 is 4.74 Å². The van der Waals surface area contributed by atoms with E-state index in [0.29, 0.717) is 6.10 Å². The molecule has 2 heterocycles. The molecule has 1 saturated heterocycles. The molecule has 0 spiro atoms. The first-order valence-electron chi connectivity index (χ1n) is 8.47. The highest BCUT2D eigenvalue weighted by Crippen LogP contribution is 2.22. The number of hydrogen-bond donors (Lipinski definition) is 0. The highest BCUT2D eigenvalue weighted by atomic mass is 16.5. The van der Waals surface area contributed by atoms with Crippen molar-refractivity contribution in [3.05, 3.63) is 46.8 Å². The van der Waals surface area contributed by atoms with E-state index in [4.69, 9.17) is 4.74 Å². The number of aryl methyl sites for hydroxylation is 3. The van der Waals surface area contributed by atoms with E-state index in [2.05, 4.69) is 55.0 Å². The molecular formula is C19H27N3O. The van der Waals surface area contributed by atoms with Gasteiger partial charge < -0.3 is 4.74 Å². The number of piperidine rings is 1. The maximum Gasteiger partial charge on any atom is 0.119 e. The topological polar surface area (TPSA) is 30.3 Å². The molecular weight excluding hydrogens is 286 g/mol. The Kier molecular flexibility index (Phi) is 4.71. The fraction of sp³-hybridized carbons (Fsp3) is 0.526. The predicted molar refractivity (Wildman–Crippen MR) is 92.8 cm³/mol. The molecule has 0 atom stereocenters. The number of likely N-dealkylation sites (tertiary alicyclic amines) is 1. The number of benzene rings is 1. The van der Waals surface area contributed by atoms with Gasteiger partial charge in [0, 0.05) is 37.9 Å². The Bertz CT molecular complexity index is 652. The lowest BCUT2D eigenvalue weighted by molar-refractivity contribution is 0.0966. The molecule has 23 heavy (non-hydrogen) atoms. The second-order valence-electron chi connectivity index (χ2n) is 6.68. The summed E-state index contributed by atoms with van der Waals surface area (Å²) in [4.78, 5) is 2.52. The van der Waals surface area contributed by atoms with Gasteiger partial charge in [-0.3, -0.25) is 9.58 Å². The van der Waals surface area contributed by atoms with E-state index in [9.17, 15) is 0 Å². The molecule has 3 rings (SSSR count). The van der Waals surface area contributed by atoms with Crippen LogP contribution in [0.15, 0.2) is 24.3 Å². The van der Waals surface area contributed by atoms with Crippen molar-refractivity contribution in [3.8, 4) is 5.75 Å². The van der Waals surface area contributed by atoms with E-state index in [0.717, 1.165) is 43.9 Å². The zero-order chi connectivity index (χ0) is 16.4. The summed E-state index contributed by atoms with van der Waals surface area (Å²) in [5.74, 6) is 0.994. The molecule has 4 heteroatoms. The summed E-state index contributed by atoms with van der Waals surface area (Å²) in [5, 5.41) is 4.52. The third kappa shape index (κ3) is 3.75. The van der Waals surface area contributed by atoms with Gasteiger partial charge in [0.1, 0.15) is 11.9 Å². The van der Waals surface area contributed by atoms with Crippen molar-refractivity contribution in [2.24, 2.45) is 7.05 Å². The molecule has 124 valence electrons. The van der Waals surface area contributed by atoms with Crippen molar-refractivity contribution in [3.63, 3.8) is 0 Å². The van der Waals surface area contributed by atoms with Crippen molar-refractivity contribution < 1.29 is 4.74 Å². The Morgan fingerprint density at radius 2 is 1.74 bits per heavy atom. The van der Waals surface area contributed by atoms with Gasteiger partial charge >= 0.3 is 0 Å². The average molecular weight is 313 g/mol. The molecule has 2 aromatic rings. The van der Waals surface area contributed by atoms with Crippen LogP contribution in [0.4, 0.5) is 0 Å². The first-order valence-corrected chi connectivity index (χ1v) is 8.47. The number of rotatable bonds is 4. The van der Waals surface area contributed by atoms with Crippen molar-refractivity contribution in [1.29, 1.82) is 0 Å². The van der Waals surface area contributed by atoms with E-state index in [1.165, 1.54) is 16.8 Å². The molecule has 1 fully saturated rings. The van der Waals surface area contributed by atoms with Gasteiger partial charge in [-0.1, -0.05) is 17.7 Å². The summed E-state index contributed by atoms with van der Waals surface area (Å²) in [6.45, 7) is 9.54. The van der Waals surface area contributed by atoms with E-state index in [1.807, 2.05) is 11.7 Å². The molecule has 0 saturated carbocycles. The monoisotopic (exact) mass is 313 g/mol. The molecule has 1 aliphatic rings. The fourth-order valence-corrected chi connectivity index (χ4v) is 3.26. The minimum atomic E-state index is 0.338. The Morgan fingerprint density at radius 1 is 1.09 bits per heavy atom. The lowest BCUT2D eigenvalue weighted by atomic mass is 10.1. The van der Waals surface area contributed by atoms with Gasteiger partial charge in [-0.2, -0.15) is 5.10 Å². The van der Waals surface area contributed by atoms with Crippen molar-refractivity contribution in [2.45, 2.75) is 46.3 Å². The molecule has 0 radical (unpaired) electrons. The van der Waals surface area contributed by atoms with Crippen LogP contribution in [0.3, 0.4) is 0 Å². The van der Waals surface area contributed by atoms with Crippen LogP contribution in [0.2, 0.25) is 0 Å². The third-order valence-corrected chi connectivity index (χ3v) is 4.90. The van der Waals surface area contributed by atoms with E-state index in [1.54, 1.807) is 0 Å². The number of nitrogens with zero attached hydrogens (tertiary/aromatic N) is 3. The number of hydrogen-bond acceptors (Lipinski definition) is 3. The average Bonchev–Trinajstić information content (AvgIpc) is 2.78. The van der Waals surface area contributed by atoms with Gasteiger partial charge in [-0.05, 0) is 45.7 Å². The summed E-state index contributed by atoms with van der Waals surface area (Å²) < 4.78 is 8.10. The summed E-state index contributed by atoms with van der Waals surface area (Å²) >= 11 is 0. The third-order valence-electron chi connectivity index (χ3n) is 4.90. The van der Waals surface area contributed by atoms with Gasteiger partial charge in [-0.25, -0.2) is 0 Å². The summed E-state index contributed by atoms with van der Waals surface area (Å²) in [5.41, 5.74) is 5.09. The maximum atomic E-state index is 6.12. The summed E-state index contributed by atoms with van der Waals surface area (Å²) in [6, 6.07) is 8.37. The maximum absolute atomic E-state index is 6.12. The summed E-state index contributed by atoms with van der Waals surface area (Å²) in [7, 11) is 2.02. The second-order valence-corrected chi connectivity index (χ2v) is 6.68. The lowest BCUT2D eigenvalue weighted by Crippen LogP contribution is -2.38. The Morgan fingerprint density at radius 3 is 2.30 bits per heavy atom. The van der Waals surface area contributed by atoms with Gasteiger partial charge in [0.05, 0.1) is 5.69 Å². The first kappa shape index (κ1) is 16.1. The SMILES string of the molecule is Cc1ccc(OC2CCN(Cc3c(C)nn(C)c3C)CC2)cc1. The molecule has 1 aromatic heterocycles. The van der Waals surface area contributed by atoms with Crippen LogP contribution in [0.25, 0.3) is 0 Å². The molecule has 1 aromatic carbocycles. The van der Waals surface area contributed by atoms with Crippen LogP contribution in [0.5, 0.6) is 5.75 Å². The molecule has 0 bridgehead atoms. The quantitative estimate of drug-likeness (QED) is 0.867. The van der Waals surface area contributed by atoms with E-state index >= 15 is 0 Å². The van der Waals surface area contributed by atoms with Crippen molar-refractivity contribution >= 4 is 0 Å². The molecule has 0 aliphatic carbocycles. The minimum absolute atomic E-state index is 0.338. The number of ether oxygens (including phenoxy) is 1. The van der Waals surface area contributed by atoms with Crippen LogP contribution in [-0.4, -0.2) is 33.9 Å². The lowest BCUT2D eigenvalue weighted by Gasteiger charge is -2.32. The van der Waals surface area contributed by atoms with E-state index < -0.39 is 0 Å². The zero-order valence-electron chi connectivity index (χ0n) is 14.7. The van der Waals surface area contributed by atoms with Gasteiger partial charge in [-0.15, -0.1) is 0 Å². The first-order chi connectivity index (χ1) is 11.0. The number of aromatic nitrogens is 2. The second kappa shape index (κ2) is 6.75. The predicted octanol–water partition coefficient (Wildman–Crippen LogP) is 3.39. The van der Waals surface area contributed by atoms with Crippen molar-refractivity contribution in [1.82, 2.24) is 14.7 Å². The van der Waals surface area contributed by atoms with Gasteiger partial charge in [0.15, 0.2) is 0 Å². The smallest absolute Gasteiger partial charge is 0.119 e. The highest BCUT2D eigenvalue weighted by Gasteiger charge is 2.22. The summed E-state index contributed by atoms with van der Waals surface area (Å²) in [6.07, 6.45) is 2.52. The molecule has 1 aliphatic heterocycles. The van der Waals surface area contributed by atoms with Crippen LogP contribution >= 0.6 is 0 Å². The molecule has 4 nitrogen and oxygen atoms in total. The van der Waals surface area contributed by atoms with Crippen LogP contribution in [0, 0.1) is 20.8 Å². The molecule has 0 unspecified atom stereocenters. The van der Waals surface area contributed by atoms with Crippen LogP contribution in [-0.2, 0) is 13.6 Å². The highest BCUT2D eigenvalue weighted by molar-refractivity contribution is 5.26. The fourth-order valence-electron chi connectivity index (χ4n) is 3.26. The Hall–Kier alpha value is -1.81. The zero-order valence-corrected chi connectivity index (χ0v) is 14.7. The Balaban J connectivity index is 1.53. The normalized spacial score (nSPS) is 16.7. The van der Waals surface area contributed by atoms with Crippen LogP contribution in [0.1, 0.15) is 35.4 Å². The Labute approximate surface area is 139 Å². The van der Waals surface area contributed by atoms with Crippen molar-refractivity contribution in [2.75, 3.05) is 13.1 Å². The molecule has 0 N–H and O–H groups in total.